The molecule has 0 atom stereocenters. The predicted molar refractivity (Wildman–Crippen MR) is 112 cm³/mol. The first-order valence-electron chi connectivity index (χ1n) is 10.7. The second kappa shape index (κ2) is 9.00. The van der Waals surface area contributed by atoms with Crippen molar-refractivity contribution in [2.75, 3.05) is 13.7 Å². The zero-order valence-corrected chi connectivity index (χ0v) is 17.1. The third-order valence-corrected chi connectivity index (χ3v) is 6.47. The van der Waals surface area contributed by atoms with E-state index in [1.807, 2.05) is 24.3 Å². The molecule has 2 fully saturated rings. The van der Waals surface area contributed by atoms with E-state index in [0.29, 0.717) is 19.1 Å². The average Bonchev–Trinajstić information content (AvgIpc) is 3.22. The zero-order valence-electron chi connectivity index (χ0n) is 17.1. The van der Waals surface area contributed by atoms with Crippen LogP contribution in [0.1, 0.15) is 55.6 Å². The number of methoxy groups -OCH3 is 1. The van der Waals surface area contributed by atoms with E-state index in [0.717, 1.165) is 44.3 Å². The Morgan fingerprint density at radius 3 is 2.41 bits per heavy atom. The van der Waals surface area contributed by atoms with E-state index in [1.165, 1.54) is 18.2 Å². The SMILES string of the molecule is COC(=O)C1(COC2CC(c3ccccc3OCc3ccccc3)C2)CCCC1. The van der Waals surface area contributed by atoms with E-state index < -0.39 is 5.41 Å². The molecule has 29 heavy (non-hydrogen) atoms. The topological polar surface area (TPSA) is 44.8 Å². The second-order valence-electron chi connectivity index (χ2n) is 8.39. The number of hydrogen-bond acceptors (Lipinski definition) is 4. The molecule has 4 nitrogen and oxygen atoms in total. The van der Waals surface area contributed by atoms with E-state index in [9.17, 15) is 4.79 Å². The maximum atomic E-state index is 12.3. The van der Waals surface area contributed by atoms with Crippen molar-refractivity contribution in [2.24, 2.45) is 5.41 Å². The van der Waals surface area contributed by atoms with E-state index in [-0.39, 0.29) is 12.1 Å². The van der Waals surface area contributed by atoms with Crippen LogP contribution in [0.5, 0.6) is 5.75 Å². The van der Waals surface area contributed by atoms with Gasteiger partial charge in [-0.05, 0) is 48.8 Å². The molecule has 2 aromatic rings. The molecular weight excluding hydrogens is 364 g/mol. The molecule has 2 saturated carbocycles. The molecule has 154 valence electrons. The van der Waals surface area contributed by atoms with Gasteiger partial charge in [-0.3, -0.25) is 4.79 Å². The molecule has 0 aliphatic heterocycles. The van der Waals surface area contributed by atoms with Gasteiger partial charge < -0.3 is 14.2 Å². The van der Waals surface area contributed by atoms with Crippen LogP contribution in [0.15, 0.2) is 54.6 Å². The first kappa shape index (κ1) is 20.0. The Bertz CT molecular complexity index is 805. The molecule has 2 aliphatic rings. The summed E-state index contributed by atoms with van der Waals surface area (Å²) in [5.74, 6) is 1.30. The molecule has 0 radical (unpaired) electrons. The first-order valence-corrected chi connectivity index (χ1v) is 10.7. The van der Waals surface area contributed by atoms with Crippen LogP contribution in [0.4, 0.5) is 0 Å². The van der Waals surface area contributed by atoms with Gasteiger partial charge in [0.1, 0.15) is 12.4 Å². The maximum Gasteiger partial charge on any atom is 0.314 e. The minimum atomic E-state index is -0.420. The van der Waals surface area contributed by atoms with Crippen LogP contribution in [0.25, 0.3) is 0 Å². The quantitative estimate of drug-likeness (QED) is 0.573. The zero-order chi connectivity index (χ0) is 20.1. The highest BCUT2D eigenvalue weighted by molar-refractivity contribution is 5.77. The van der Waals surface area contributed by atoms with Crippen LogP contribution in [0.3, 0.4) is 0 Å². The summed E-state index contributed by atoms with van der Waals surface area (Å²) in [6.07, 6.45) is 6.09. The third kappa shape index (κ3) is 4.48. The lowest BCUT2D eigenvalue weighted by atomic mass is 9.77. The maximum absolute atomic E-state index is 12.3. The number of carbonyl (C=O) groups excluding carboxylic acids is 1. The summed E-state index contributed by atoms with van der Waals surface area (Å²) in [5, 5.41) is 0. The van der Waals surface area contributed by atoms with Crippen LogP contribution in [-0.4, -0.2) is 25.8 Å². The van der Waals surface area contributed by atoms with Gasteiger partial charge in [-0.15, -0.1) is 0 Å². The minimum absolute atomic E-state index is 0.106. The van der Waals surface area contributed by atoms with E-state index in [2.05, 4.69) is 30.3 Å². The molecule has 4 heteroatoms. The van der Waals surface area contributed by atoms with Crippen molar-refractivity contribution >= 4 is 5.97 Å². The highest BCUT2D eigenvalue weighted by Gasteiger charge is 2.44. The molecular formula is C25H30O4. The van der Waals surface area contributed by atoms with Gasteiger partial charge in [0.15, 0.2) is 0 Å². The van der Waals surface area contributed by atoms with Crippen molar-refractivity contribution < 1.29 is 19.0 Å². The molecule has 0 amide bonds. The number of esters is 1. The van der Waals surface area contributed by atoms with Crippen LogP contribution in [0.2, 0.25) is 0 Å². The predicted octanol–water partition coefficient (Wildman–Crippen LogP) is 5.26. The van der Waals surface area contributed by atoms with Gasteiger partial charge in [0.25, 0.3) is 0 Å². The van der Waals surface area contributed by atoms with E-state index >= 15 is 0 Å². The van der Waals surface area contributed by atoms with Crippen molar-refractivity contribution in [3.8, 4) is 5.75 Å². The first-order chi connectivity index (χ1) is 14.2. The van der Waals surface area contributed by atoms with Crippen LogP contribution < -0.4 is 4.74 Å². The molecule has 0 N–H and O–H groups in total. The molecule has 0 bridgehead atoms. The van der Waals surface area contributed by atoms with Gasteiger partial charge in [0.05, 0.1) is 25.2 Å². The summed E-state index contributed by atoms with van der Waals surface area (Å²) in [4.78, 5) is 12.3. The number of rotatable bonds is 8. The molecule has 0 saturated heterocycles. The number of benzene rings is 2. The largest absolute Gasteiger partial charge is 0.489 e. The van der Waals surface area contributed by atoms with Crippen molar-refractivity contribution in [2.45, 2.75) is 57.2 Å². The Morgan fingerprint density at radius 2 is 1.69 bits per heavy atom. The van der Waals surface area contributed by atoms with Crippen LogP contribution in [0, 0.1) is 5.41 Å². The lowest BCUT2D eigenvalue weighted by Gasteiger charge is -2.38. The fraction of sp³-hybridized carbons (Fsp3) is 0.480. The van der Waals surface area contributed by atoms with Crippen molar-refractivity contribution in [1.82, 2.24) is 0 Å². The Morgan fingerprint density at radius 1 is 1.00 bits per heavy atom. The molecule has 2 aromatic carbocycles. The molecule has 0 spiro atoms. The van der Waals surface area contributed by atoms with Gasteiger partial charge >= 0.3 is 5.97 Å². The van der Waals surface area contributed by atoms with Crippen LogP contribution in [-0.2, 0) is 20.9 Å². The fourth-order valence-electron chi connectivity index (χ4n) is 4.59. The molecule has 0 aromatic heterocycles. The summed E-state index contributed by atoms with van der Waals surface area (Å²) in [5.41, 5.74) is 2.00. The summed E-state index contributed by atoms with van der Waals surface area (Å²) >= 11 is 0. The molecule has 0 heterocycles. The monoisotopic (exact) mass is 394 g/mol. The highest BCUT2D eigenvalue weighted by Crippen LogP contribution is 2.45. The summed E-state index contributed by atoms with van der Waals surface area (Å²) in [6, 6.07) is 18.5. The van der Waals surface area contributed by atoms with Gasteiger partial charge in [-0.2, -0.15) is 0 Å². The van der Waals surface area contributed by atoms with Crippen molar-refractivity contribution in [1.29, 1.82) is 0 Å². The van der Waals surface area contributed by atoms with Gasteiger partial charge in [-0.25, -0.2) is 0 Å². The van der Waals surface area contributed by atoms with E-state index in [4.69, 9.17) is 14.2 Å². The van der Waals surface area contributed by atoms with Gasteiger partial charge in [0, 0.05) is 0 Å². The van der Waals surface area contributed by atoms with E-state index in [1.54, 1.807) is 0 Å². The highest BCUT2D eigenvalue weighted by atomic mass is 16.5. The normalized spacial score (nSPS) is 22.7. The average molecular weight is 395 g/mol. The standard InChI is InChI=1S/C25H30O4/c1-27-24(26)25(13-7-8-14-25)18-29-21-15-20(16-21)22-11-5-6-12-23(22)28-17-19-9-3-2-4-10-19/h2-6,9-12,20-21H,7-8,13-18H2,1H3. The fourth-order valence-corrected chi connectivity index (χ4v) is 4.59. The molecule has 4 rings (SSSR count). The van der Waals surface area contributed by atoms with Crippen molar-refractivity contribution in [3.63, 3.8) is 0 Å². The molecule has 0 unspecified atom stereocenters. The number of hydrogen-bond donors (Lipinski definition) is 0. The lowest BCUT2D eigenvalue weighted by Crippen LogP contribution is -2.39. The Balaban J connectivity index is 1.31. The summed E-state index contributed by atoms with van der Waals surface area (Å²) in [7, 11) is 1.48. The number of carbonyl (C=O) groups is 1. The number of ether oxygens (including phenoxy) is 3. The molecule has 2 aliphatic carbocycles. The summed E-state index contributed by atoms with van der Waals surface area (Å²) in [6.45, 7) is 1.06. The smallest absolute Gasteiger partial charge is 0.314 e. The van der Waals surface area contributed by atoms with Crippen LogP contribution >= 0.6 is 0 Å². The second-order valence-corrected chi connectivity index (χ2v) is 8.39. The number of para-hydroxylation sites is 1. The Labute approximate surface area is 173 Å². The Hall–Kier alpha value is -2.33. The van der Waals surface area contributed by atoms with Gasteiger partial charge in [0.2, 0.25) is 0 Å². The van der Waals surface area contributed by atoms with Gasteiger partial charge in [-0.1, -0.05) is 61.4 Å². The lowest BCUT2D eigenvalue weighted by molar-refractivity contribution is -0.159. The third-order valence-electron chi connectivity index (χ3n) is 6.47. The minimum Gasteiger partial charge on any atom is -0.489 e. The Kier molecular flexibility index (Phi) is 6.19. The van der Waals surface area contributed by atoms with Crippen molar-refractivity contribution in [3.05, 3.63) is 65.7 Å². The summed E-state index contributed by atoms with van der Waals surface area (Å²) < 4.78 is 17.3.